The summed E-state index contributed by atoms with van der Waals surface area (Å²) >= 11 is 0. The fourth-order valence-electron chi connectivity index (χ4n) is 10.5. The van der Waals surface area contributed by atoms with Gasteiger partial charge in [0.05, 0.1) is 6.42 Å². The molecule has 3 saturated carbocycles. The third-order valence-electron chi connectivity index (χ3n) is 14.4. The highest BCUT2D eigenvalue weighted by atomic mass is 16.5. The number of nitrogens with zero attached hydrogens (tertiary/aromatic N) is 1. The largest absolute Gasteiger partial charge is 0.462 e. The maximum atomic E-state index is 13.3. The summed E-state index contributed by atoms with van der Waals surface area (Å²) < 4.78 is 6.08. The molecule has 3 fully saturated rings. The Hall–Kier alpha value is -1.44. The molecule has 0 aromatic heterocycles. The minimum absolute atomic E-state index is 0.000491. The third-order valence-corrected chi connectivity index (χ3v) is 14.4. The summed E-state index contributed by atoms with van der Waals surface area (Å²) in [5.41, 5.74) is 10.8. The van der Waals surface area contributed by atoms with Crippen LogP contribution in [0.4, 0.5) is 0 Å². The number of allylic oxidation sites excluding steroid dienone is 1. The van der Waals surface area contributed by atoms with Gasteiger partial charge in [-0.2, -0.15) is 0 Å². The van der Waals surface area contributed by atoms with Crippen molar-refractivity contribution < 1.29 is 14.3 Å². The monoisotopic (exact) mass is 685 g/mol. The standard InChI is InChI=1S/C42H76N4O3/c1-29(2)30(3)12-10-13-31-15-17-35-34-16-14-32-28-33(20-23-42(32,9)36(34)21-24-41(31,35)8)49-38(48)19-18-37(47)46(27-25-39(4,5)43)26-11-22-40(6,7)45-44/h14,29-31,33-36,45H,10-13,15-28,43-44H2,1-9H3. The van der Waals surface area contributed by atoms with Crippen molar-refractivity contribution in [2.45, 2.75) is 182 Å². The fraction of sp³-hybridized carbons (Fsp3) is 0.905. The van der Waals surface area contributed by atoms with Crippen LogP contribution in [-0.2, 0) is 14.3 Å². The summed E-state index contributed by atoms with van der Waals surface area (Å²) in [6, 6.07) is 0. The van der Waals surface area contributed by atoms with Crippen LogP contribution in [0.15, 0.2) is 11.6 Å². The van der Waals surface area contributed by atoms with E-state index in [1.54, 1.807) is 5.57 Å². The van der Waals surface area contributed by atoms with Crippen molar-refractivity contribution in [3.63, 3.8) is 0 Å². The first-order chi connectivity index (χ1) is 22.9. The van der Waals surface area contributed by atoms with Crippen LogP contribution in [0.3, 0.4) is 0 Å². The lowest BCUT2D eigenvalue weighted by molar-refractivity contribution is -0.153. The third kappa shape index (κ3) is 10.1. The Morgan fingerprint density at radius 3 is 2.39 bits per heavy atom. The summed E-state index contributed by atoms with van der Waals surface area (Å²) in [6.07, 6.45) is 19.1. The number of nitrogens with one attached hydrogen (secondary N) is 1. The second kappa shape index (κ2) is 16.5. The lowest BCUT2D eigenvalue weighted by atomic mass is 9.47. The minimum Gasteiger partial charge on any atom is -0.462 e. The number of carbonyl (C=O) groups excluding carboxylic acids is 2. The Balaban J connectivity index is 1.28. The molecule has 282 valence electrons. The van der Waals surface area contributed by atoms with Crippen LogP contribution in [0.1, 0.15) is 165 Å². The molecule has 7 nitrogen and oxygen atoms in total. The molecular weight excluding hydrogens is 608 g/mol. The lowest BCUT2D eigenvalue weighted by Gasteiger charge is -2.58. The Bertz CT molecular complexity index is 1140. The molecule has 49 heavy (non-hydrogen) atoms. The van der Waals surface area contributed by atoms with Crippen LogP contribution >= 0.6 is 0 Å². The average Bonchev–Trinajstić information content (AvgIpc) is 3.37. The number of hydrogen-bond donors (Lipinski definition) is 3. The molecule has 0 saturated heterocycles. The van der Waals surface area contributed by atoms with Crippen LogP contribution in [-0.4, -0.2) is 47.0 Å². The van der Waals surface area contributed by atoms with Crippen LogP contribution in [0.5, 0.6) is 0 Å². The molecule has 0 radical (unpaired) electrons. The second-order valence-electron chi connectivity index (χ2n) is 19.3. The fourth-order valence-corrected chi connectivity index (χ4v) is 10.5. The van der Waals surface area contributed by atoms with Crippen LogP contribution < -0.4 is 17.0 Å². The number of hydrazine groups is 1. The molecule has 8 atom stereocenters. The molecular formula is C42H76N4O3. The Morgan fingerprint density at radius 1 is 0.980 bits per heavy atom. The number of ether oxygens (including phenoxy) is 1. The summed E-state index contributed by atoms with van der Waals surface area (Å²) in [7, 11) is 0. The van der Waals surface area contributed by atoms with Crippen molar-refractivity contribution in [2.24, 2.45) is 57.9 Å². The zero-order valence-electron chi connectivity index (χ0n) is 33.2. The van der Waals surface area contributed by atoms with E-state index >= 15 is 0 Å². The summed E-state index contributed by atoms with van der Waals surface area (Å²) in [5.74, 6) is 10.4. The van der Waals surface area contributed by atoms with E-state index in [1.165, 1.54) is 51.4 Å². The van der Waals surface area contributed by atoms with Gasteiger partial charge in [-0.15, -0.1) is 0 Å². The topological polar surface area (TPSA) is 111 Å². The zero-order valence-corrected chi connectivity index (χ0v) is 33.2. The molecule has 0 aliphatic heterocycles. The number of amides is 1. The van der Waals surface area contributed by atoms with E-state index in [0.29, 0.717) is 24.9 Å². The minimum atomic E-state index is -0.360. The number of nitrogens with two attached hydrogens (primary N) is 2. The second-order valence-corrected chi connectivity index (χ2v) is 19.3. The SMILES string of the molecule is CC(C)C(C)CCCC1CCC2C3CC=C4CC(OC(=O)CCC(=O)N(CCCC(C)(C)NN)CCC(C)(C)N)CCC4(C)C3CCC12C. The van der Waals surface area contributed by atoms with Gasteiger partial charge in [-0.25, -0.2) is 0 Å². The van der Waals surface area contributed by atoms with Gasteiger partial charge in [0.2, 0.25) is 5.91 Å². The van der Waals surface area contributed by atoms with Crippen molar-refractivity contribution in [3.8, 4) is 0 Å². The lowest BCUT2D eigenvalue weighted by Crippen LogP contribution is -2.50. The first-order valence-electron chi connectivity index (χ1n) is 20.3. The smallest absolute Gasteiger partial charge is 0.306 e. The van der Waals surface area contributed by atoms with Gasteiger partial charge < -0.3 is 15.4 Å². The van der Waals surface area contributed by atoms with Gasteiger partial charge in [-0.3, -0.25) is 20.9 Å². The van der Waals surface area contributed by atoms with E-state index in [2.05, 4.69) is 60.0 Å². The van der Waals surface area contributed by atoms with Crippen LogP contribution in [0.25, 0.3) is 0 Å². The van der Waals surface area contributed by atoms with E-state index in [1.807, 2.05) is 18.7 Å². The predicted molar refractivity (Wildman–Crippen MR) is 202 cm³/mol. The molecule has 4 aliphatic rings. The van der Waals surface area contributed by atoms with Gasteiger partial charge in [-0.1, -0.05) is 59.1 Å². The molecule has 0 aromatic carbocycles. The number of carbonyl (C=O) groups is 2. The normalized spacial score (nSPS) is 32.2. The van der Waals surface area contributed by atoms with Crippen molar-refractivity contribution in [3.05, 3.63) is 11.6 Å². The summed E-state index contributed by atoms with van der Waals surface area (Å²) in [5, 5.41) is 0. The zero-order chi connectivity index (χ0) is 36.2. The van der Waals surface area contributed by atoms with Gasteiger partial charge in [0.15, 0.2) is 0 Å². The van der Waals surface area contributed by atoms with Crippen LogP contribution in [0.2, 0.25) is 0 Å². The maximum Gasteiger partial charge on any atom is 0.306 e. The van der Waals surface area contributed by atoms with Crippen molar-refractivity contribution in [1.29, 1.82) is 0 Å². The van der Waals surface area contributed by atoms with Gasteiger partial charge in [-0.05, 0) is 145 Å². The summed E-state index contributed by atoms with van der Waals surface area (Å²) in [4.78, 5) is 28.3. The predicted octanol–water partition coefficient (Wildman–Crippen LogP) is 8.70. The van der Waals surface area contributed by atoms with Crippen LogP contribution in [0, 0.1) is 46.3 Å². The van der Waals surface area contributed by atoms with Crippen molar-refractivity contribution in [2.75, 3.05) is 13.1 Å². The molecule has 0 spiro atoms. The molecule has 7 heteroatoms. The van der Waals surface area contributed by atoms with E-state index < -0.39 is 0 Å². The molecule has 1 amide bonds. The molecule has 0 heterocycles. The van der Waals surface area contributed by atoms with E-state index in [-0.39, 0.29) is 47.3 Å². The van der Waals surface area contributed by atoms with Gasteiger partial charge in [0, 0.05) is 37.0 Å². The quantitative estimate of drug-likeness (QED) is 0.0612. The highest BCUT2D eigenvalue weighted by molar-refractivity contribution is 5.81. The van der Waals surface area contributed by atoms with Gasteiger partial charge in [0.1, 0.15) is 6.10 Å². The number of esters is 1. The molecule has 4 rings (SSSR count). The van der Waals surface area contributed by atoms with Gasteiger partial charge >= 0.3 is 5.97 Å². The molecule has 8 unspecified atom stereocenters. The van der Waals surface area contributed by atoms with E-state index in [0.717, 1.165) is 67.6 Å². The number of hydrogen-bond acceptors (Lipinski definition) is 6. The molecule has 0 aromatic rings. The highest BCUT2D eigenvalue weighted by Gasteiger charge is 2.58. The molecule has 0 bridgehead atoms. The van der Waals surface area contributed by atoms with Crippen molar-refractivity contribution >= 4 is 11.9 Å². The van der Waals surface area contributed by atoms with Crippen molar-refractivity contribution in [1.82, 2.24) is 10.3 Å². The van der Waals surface area contributed by atoms with E-state index in [9.17, 15) is 9.59 Å². The Kier molecular flexibility index (Phi) is 13.6. The molecule has 5 N–H and O–H groups in total. The maximum absolute atomic E-state index is 13.3. The van der Waals surface area contributed by atoms with Gasteiger partial charge in [0.25, 0.3) is 0 Å². The summed E-state index contributed by atoms with van der Waals surface area (Å²) in [6.45, 7) is 21.7. The first-order valence-corrected chi connectivity index (χ1v) is 20.3. The number of fused-ring (bicyclic) bond motifs is 5. The Labute approximate surface area is 300 Å². The average molecular weight is 685 g/mol. The Morgan fingerprint density at radius 2 is 1.71 bits per heavy atom. The highest BCUT2D eigenvalue weighted by Crippen LogP contribution is 2.67. The van der Waals surface area contributed by atoms with E-state index in [4.69, 9.17) is 16.3 Å². The number of rotatable bonds is 17. The molecule has 4 aliphatic carbocycles. The first kappa shape index (κ1) is 40.3.